The van der Waals surface area contributed by atoms with Gasteiger partial charge in [0.05, 0.1) is 0 Å². The summed E-state index contributed by atoms with van der Waals surface area (Å²) in [7, 11) is 0. The van der Waals surface area contributed by atoms with E-state index in [0.717, 1.165) is 5.92 Å². The van der Waals surface area contributed by atoms with Crippen LogP contribution in [0.1, 0.15) is 72.6 Å². The first-order valence-electron chi connectivity index (χ1n) is 8.67. The SMILES string of the molecule is CCC[CH2][Sn]([CH2]CCC)([CH2]CCC)[CH2]C1CC1C. The van der Waals surface area contributed by atoms with Crippen molar-refractivity contribution in [2.24, 2.45) is 11.8 Å². The van der Waals surface area contributed by atoms with Crippen LogP contribution in [0.2, 0.25) is 17.7 Å². The predicted molar refractivity (Wildman–Crippen MR) is 87.0 cm³/mol. The van der Waals surface area contributed by atoms with Gasteiger partial charge in [-0.15, -0.1) is 0 Å². The van der Waals surface area contributed by atoms with E-state index in [-0.39, 0.29) is 0 Å². The van der Waals surface area contributed by atoms with Crippen LogP contribution in [-0.4, -0.2) is 18.4 Å². The third-order valence-corrected chi connectivity index (χ3v) is 21.2. The van der Waals surface area contributed by atoms with Gasteiger partial charge in [-0.25, -0.2) is 0 Å². The Morgan fingerprint density at radius 3 is 1.50 bits per heavy atom. The summed E-state index contributed by atoms with van der Waals surface area (Å²) in [5.74, 6) is 2.26. The molecule has 0 bridgehead atoms. The van der Waals surface area contributed by atoms with Crippen LogP contribution in [0.4, 0.5) is 0 Å². The average molecular weight is 359 g/mol. The van der Waals surface area contributed by atoms with Crippen LogP contribution in [0.3, 0.4) is 0 Å². The van der Waals surface area contributed by atoms with E-state index in [9.17, 15) is 0 Å². The maximum atomic E-state index is 2.49. The summed E-state index contributed by atoms with van der Waals surface area (Å²) in [6, 6.07) is 0. The van der Waals surface area contributed by atoms with Crippen LogP contribution in [0.5, 0.6) is 0 Å². The van der Waals surface area contributed by atoms with Crippen LogP contribution in [0.25, 0.3) is 0 Å². The fourth-order valence-electron chi connectivity index (χ4n) is 3.58. The molecule has 2 unspecified atom stereocenters. The molecule has 1 aliphatic carbocycles. The van der Waals surface area contributed by atoms with Gasteiger partial charge < -0.3 is 0 Å². The summed E-state index contributed by atoms with van der Waals surface area (Å²) in [5, 5.41) is 0. The van der Waals surface area contributed by atoms with Gasteiger partial charge in [0.15, 0.2) is 0 Å². The Morgan fingerprint density at radius 2 is 1.22 bits per heavy atom. The topological polar surface area (TPSA) is 0 Å². The molecule has 1 rings (SSSR count). The first-order chi connectivity index (χ1) is 8.67. The number of unbranched alkanes of at least 4 members (excludes halogenated alkanes) is 3. The molecule has 0 radical (unpaired) electrons. The molecule has 1 saturated carbocycles. The zero-order valence-electron chi connectivity index (χ0n) is 13.4. The van der Waals surface area contributed by atoms with Crippen molar-refractivity contribution < 1.29 is 0 Å². The number of hydrogen-bond acceptors (Lipinski definition) is 0. The Bertz CT molecular complexity index is 190. The number of hydrogen-bond donors (Lipinski definition) is 0. The van der Waals surface area contributed by atoms with Gasteiger partial charge in [-0.05, 0) is 0 Å². The molecule has 0 saturated heterocycles. The Balaban J connectivity index is 2.57. The molecule has 0 spiro atoms. The molecule has 108 valence electrons. The van der Waals surface area contributed by atoms with E-state index in [4.69, 9.17) is 0 Å². The quantitative estimate of drug-likeness (QED) is 0.370. The first kappa shape index (κ1) is 16.9. The van der Waals surface area contributed by atoms with E-state index in [1.165, 1.54) is 25.2 Å². The van der Waals surface area contributed by atoms with Gasteiger partial charge in [0.1, 0.15) is 0 Å². The van der Waals surface area contributed by atoms with Crippen molar-refractivity contribution in [2.75, 3.05) is 0 Å². The van der Waals surface area contributed by atoms with Crippen molar-refractivity contribution in [3.8, 4) is 0 Å². The van der Waals surface area contributed by atoms with Crippen LogP contribution in [0.15, 0.2) is 0 Å². The molecule has 0 amide bonds. The summed E-state index contributed by atoms with van der Waals surface area (Å²) >= 11 is -1.73. The van der Waals surface area contributed by atoms with E-state index in [1.54, 1.807) is 43.4 Å². The fraction of sp³-hybridized carbons (Fsp3) is 1.00. The van der Waals surface area contributed by atoms with E-state index < -0.39 is 18.4 Å². The van der Waals surface area contributed by atoms with Crippen molar-refractivity contribution >= 4 is 18.4 Å². The molecule has 18 heavy (non-hydrogen) atoms. The van der Waals surface area contributed by atoms with E-state index in [0.29, 0.717) is 0 Å². The second kappa shape index (κ2) is 8.87. The summed E-state index contributed by atoms with van der Waals surface area (Å²) < 4.78 is 6.91. The second-order valence-corrected chi connectivity index (χ2v) is 21.0. The van der Waals surface area contributed by atoms with Crippen molar-refractivity contribution in [3.05, 3.63) is 0 Å². The Morgan fingerprint density at radius 1 is 0.833 bits per heavy atom. The van der Waals surface area contributed by atoms with Crippen LogP contribution in [0, 0.1) is 11.8 Å². The van der Waals surface area contributed by atoms with Crippen molar-refractivity contribution in [3.63, 3.8) is 0 Å². The molecule has 0 heterocycles. The zero-order valence-corrected chi connectivity index (χ0v) is 16.3. The molecule has 1 heteroatoms. The van der Waals surface area contributed by atoms with Crippen LogP contribution < -0.4 is 0 Å². The van der Waals surface area contributed by atoms with Crippen LogP contribution in [-0.2, 0) is 0 Å². The zero-order chi connectivity index (χ0) is 13.4. The van der Waals surface area contributed by atoms with Crippen LogP contribution >= 0.6 is 0 Å². The molecule has 0 aliphatic heterocycles. The standard InChI is InChI=1S/C5H9.3C4H9.Sn/c1-4-3-5(4)2;3*1-3-4-2;/h4-5H,1,3H2,2H3;3*1,3-4H2,2H3;. The second-order valence-electron chi connectivity index (χ2n) is 6.99. The van der Waals surface area contributed by atoms with Gasteiger partial charge in [0.25, 0.3) is 0 Å². The molecular formula is C17H36Sn. The van der Waals surface area contributed by atoms with Gasteiger partial charge in [-0.3, -0.25) is 0 Å². The molecule has 0 nitrogen and oxygen atoms in total. The van der Waals surface area contributed by atoms with Gasteiger partial charge in [-0.2, -0.15) is 0 Å². The van der Waals surface area contributed by atoms with Crippen molar-refractivity contribution in [1.29, 1.82) is 0 Å². The van der Waals surface area contributed by atoms with Gasteiger partial charge >= 0.3 is 121 Å². The number of rotatable bonds is 11. The fourth-order valence-corrected chi connectivity index (χ4v) is 21.7. The Kier molecular flexibility index (Phi) is 8.30. The Hall–Kier alpha value is 0.799. The van der Waals surface area contributed by atoms with Crippen molar-refractivity contribution in [1.82, 2.24) is 0 Å². The summed E-state index contributed by atoms with van der Waals surface area (Å²) in [5.41, 5.74) is 0. The molecule has 1 aliphatic rings. The molecule has 0 N–H and O–H groups in total. The summed E-state index contributed by atoms with van der Waals surface area (Å²) in [6.07, 6.45) is 10.5. The third-order valence-electron chi connectivity index (χ3n) is 5.15. The van der Waals surface area contributed by atoms with Crippen molar-refractivity contribution in [2.45, 2.75) is 90.4 Å². The molecule has 1 fully saturated rings. The normalized spacial score (nSPS) is 23.3. The minimum atomic E-state index is -1.73. The maximum absolute atomic E-state index is 2.49. The Labute approximate surface area is 120 Å². The summed E-state index contributed by atoms with van der Waals surface area (Å²) in [4.78, 5) is 0. The van der Waals surface area contributed by atoms with Gasteiger partial charge in [-0.1, -0.05) is 0 Å². The first-order valence-corrected chi connectivity index (χ1v) is 16.7. The van der Waals surface area contributed by atoms with E-state index >= 15 is 0 Å². The predicted octanol–water partition coefficient (Wildman–Crippen LogP) is 6.49. The monoisotopic (exact) mass is 360 g/mol. The summed E-state index contributed by atoms with van der Waals surface area (Å²) in [6.45, 7) is 9.64. The molecule has 2 atom stereocenters. The molecule has 0 aromatic carbocycles. The van der Waals surface area contributed by atoms with E-state index in [2.05, 4.69) is 27.7 Å². The van der Waals surface area contributed by atoms with Gasteiger partial charge in [0, 0.05) is 0 Å². The third kappa shape index (κ3) is 5.84. The average Bonchev–Trinajstić information content (AvgIpc) is 3.06. The minimum absolute atomic E-state index is 1.09. The molecule has 0 aromatic heterocycles. The molecule has 0 aromatic rings. The van der Waals surface area contributed by atoms with E-state index in [1.807, 2.05) is 0 Å². The van der Waals surface area contributed by atoms with Gasteiger partial charge in [0.2, 0.25) is 0 Å². The molecular weight excluding hydrogens is 323 g/mol.